The number of esters is 1. The number of aromatic nitrogens is 2. The summed E-state index contributed by atoms with van der Waals surface area (Å²) in [5.74, 6) is 0.590. The number of ether oxygens (including phenoxy) is 2. The van der Waals surface area contributed by atoms with Crippen molar-refractivity contribution >= 4 is 11.5 Å². The van der Waals surface area contributed by atoms with Crippen molar-refractivity contribution in [2.75, 3.05) is 14.2 Å². The fraction of sp³-hybridized carbons (Fsp3) is 0.333. The standard InChI is InChI=1S/C12H14N2O3/c1-16-9-5-3-4-8(6-9)10-7-13-11(14-10)12(15)17-2/h5-7H,3-4H2,1-2H3,(H,13,14). The Morgan fingerprint density at radius 1 is 1.47 bits per heavy atom. The summed E-state index contributed by atoms with van der Waals surface area (Å²) in [4.78, 5) is 18.2. The molecule has 5 nitrogen and oxygen atoms in total. The van der Waals surface area contributed by atoms with Gasteiger partial charge in [0.1, 0.15) is 5.76 Å². The van der Waals surface area contributed by atoms with Gasteiger partial charge < -0.3 is 14.5 Å². The van der Waals surface area contributed by atoms with Gasteiger partial charge in [0.2, 0.25) is 5.82 Å². The number of hydrogen-bond donors (Lipinski definition) is 1. The third-order valence-electron chi connectivity index (χ3n) is 2.61. The van der Waals surface area contributed by atoms with E-state index >= 15 is 0 Å². The second-order valence-corrected chi connectivity index (χ2v) is 3.66. The Balaban J connectivity index is 2.23. The molecule has 0 aliphatic heterocycles. The maximum absolute atomic E-state index is 11.3. The van der Waals surface area contributed by atoms with Crippen LogP contribution in [-0.2, 0) is 9.47 Å². The fourth-order valence-electron chi connectivity index (χ4n) is 1.71. The molecule has 1 aromatic heterocycles. The Bertz CT molecular complexity index is 486. The van der Waals surface area contributed by atoms with Gasteiger partial charge in [-0.1, -0.05) is 0 Å². The number of aromatic amines is 1. The molecule has 5 heteroatoms. The van der Waals surface area contributed by atoms with Gasteiger partial charge in [0, 0.05) is 0 Å². The minimum Gasteiger partial charge on any atom is -0.497 e. The van der Waals surface area contributed by atoms with Crippen LogP contribution in [0.1, 0.15) is 29.2 Å². The molecule has 1 N–H and O–H groups in total. The van der Waals surface area contributed by atoms with Gasteiger partial charge >= 0.3 is 5.97 Å². The lowest BCUT2D eigenvalue weighted by Crippen LogP contribution is -2.03. The zero-order valence-electron chi connectivity index (χ0n) is 9.82. The molecule has 0 fully saturated rings. The van der Waals surface area contributed by atoms with E-state index in [1.165, 1.54) is 7.11 Å². The van der Waals surface area contributed by atoms with Crippen LogP contribution in [0.4, 0.5) is 0 Å². The molecule has 1 aromatic rings. The van der Waals surface area contributed by atoms with Crippen molar-refractivity contribution in [1.82, 2.24) is 9.97 Å². The third kappa shape index (κ3) is 2.38. The molecule has 0 saturated carbocycles. The molecule has 0 aromatic carbocycles. The van der Waals surface area contributed by atoms with Crippen LogP contribution >= 0.6 is 0 Å². The van der Waals surface area contributed by atoms with E-state index in [0.717, 1.165) is 29.9 Å². The second kappa shape index (κ2) is 4.86. The predicted molar refractivity (Wildman–Crippen MR) is 62.2 cm³/mol. The molecule has 0 saturated heterocycles. The number of methoxy groups -OCH3 is 2. The predicted octanol–water partition coefficient (Wildman–Crippen LogP) is 1.90. The number of hydrogen-bond acceptors (Lipinski definition) is 4. The zero-order valence-corrected chi connectivity index (χ0v) is 9.82. The van der Waals surface area contributed by atoms with Crippen molar-refractivity contribution in [1.29, 1.82) is 0 Å². The van der Waals surface area contributed by atoms with E-state index in [-0.39, 0.29) is 5.82 Å². The SMILES string of the molecule is COC(=O)c1ncc(C2=CC(OC)=CCC2)[nH]1. The van der Waals surface area contributed by atoms with Crippen LogP contribution < -0.4 is 0 Å². The smallest absolute Gasteiger partial charge is 0.374 e. The summed E-state index contributed by atoms with van der Waals surface area (Å²) in [5, 5.41) is 0. The maximum Gasteiger partial charge on any atom is 0.374 e. The Labute approximate surface area is 99.1 Å². The van der Waals surface area contributed by atoms with Crippen LogP contribution in [-0.4, -0.2) is 30.2 Å². The summed E-state index contributed by atoms with van der Waals surface area (Å²) >= 11 is 0. The van der Waals surface area contributed by atoms with E-state index in [9.17, 15) is 4.79 Å². The van der Waals surface area contributed by atoms with Gasteiger partial charge in [0.15, 0.2) is 0 Å². The Hall–Kier alpha value is -2.04. The zero-order chi connectivity index (χ0) is 12.3. The molecule has 90 valence electrons. The van der Waals surface area contributed by atoms with Crippen molar-refractivity contribution in [2.24, 2.45) is 0 Å². The highest BCUT2D eigenvalue weighted by Crippen LogP contribution is 2.25. The lowest BCUT2D eigenvalue weighted by atomic mass is 10.0. The molecule has 0 atom stereocenters. The maximum atomic E-state index is 11.3. The van der Waals surface area contributed by atoms with Crippen molar-refractivity contribution in [3.8, 4) is 0 Å². The highest BCUT2D eigenvalue weighted by molar-refractivity contribution is 5.85. The van der Waals surface area contributed by atoms with E-state index < -0.39 is 5.97 Å². The summed E-state index contributed by atoms with van der Waals surface area (Å²) in [6.07, 6.45) is 7.42. The average molecular weight is 234 g/mol. The Kier molecular flexibility index (Phi) is 3.27. The Morgan fingerprint density at radius 3 is 3.00 bits per heavy atom. The molecule has 2 rings (SSSR count). The number of nitrogens with zero attached hydrogens (tertiary/aromatic N) is 1. The van der Waals surface area contributed by atoms with Crippen molar-refractivity contribution in [3.05, 3.63) is 35.6 Å². The molecule has 1 aliphatic carbocycles. The fourth-order valence-corrected chi connectivity index (χ4v) is 1.71. The average Bonchev–Trinajstić information content (AvgIpc) is 2.87. The summed E-state index contributed by atoms with van der Waals surface area (Å²) in [7, 11) is 2.97. The molecule has 0 radical (unpaired) electrons. The summed E-state index contributed by atoms with van der Waals surface area (Å²) in [6, 6.07) is 0. The summed E-state index contributed by atoms with van der Waals surface area (Å²) in [6.45, 7) is 0. The third-order valence-corrected chi connectivity index (χ3v) is 2.61. The first-order chi connectivity index (χ1) is 8.24. The number of carbonyl (C=O) groups is 1. The van der Waals surface area contributed by atoms with Crippen LogP contribution in [0.15, 0.2) is 24.1 Å². The monoisotopic (exact) mass is 234 g/mol. The molecule has 17 heavy (non-hydrogen) atoms. The van der Waals surface area contributed by atoms with Gasteiger partial charge in [-0.25, -0.2) is 9.78 Å². The van der Waals surface area contributed by atoms with Gasteiger partial charge in [-0.2, -0.15) is 0 Å². The molecule has 1 heterocycles. The van der Waals surface area contributed by atoms with Gasteiger partial charge in [0.05, 0.1) is 26.1 Å². The number of H-pyrrole nitrogens is 1. The number of rotatable bonds is 3. The van der Waals surface area contributed by atoms with Crippen LogP contribution in [0.5, 0.6) is 0 Å². The summed E-state index contributed by atoms with van der Waals surface area (Å²) in [5.41, 5.74) is 1.90. The van der Waals surface area contributed by atoms with Crippen LogP contribution in [0.2, 0.25) is 0 Å². The molecular formula is C12H14N2O3. The normalized spacial score (nSPS) is 14.9. The number of nitrogens with one attached hydrogen (secondary N) is 1. The highest BCUT2D eigenvalue weighted by atomic mass is 16.5. The number of allylic oxidation sites excluding steroid dienone is 3. The molecular weight excluding hydrogens is 220 g/mol. The van der Waals surface area contributed by atoms with Gasteiger partial charge in [0.25, 0.3) is 0 Å². The van der Waals surface area contributed by atoms with E-state index in [0.29, 0.717) is 0 Å². The van der Waals surface area contributed by atoms with Crippen LogP contribution in [0.25, 0.3) is 5.57 Å². The van der Waals surface area contributed by atoms with Gasteiger partial charge in [-0.15, -0.1) is 0 Å². The largest absolute Gasteiger partial charge is 0.497 e. The van der Waals surface area contributed by atoms with Crippen molar-refractivity contribution in [3.63, 3.8) is 0 Å². The lowest BCUT2D eigenvalue weighted by molar-refractivity contribution is 0.0588. The first-order valence-electron chi connectivity index (χ1n) is 5.33. The van der Waals surface area contributed by atoms with Crippen LogP contribution in [0, 0.1) is 0 Å². The minimum absolute atomic E-state index is 0.219. The molecule has 0 amide bonds. The van der Waals surface area contributed by atoms with Crippen molar-refractivity contribution in [2.45, 2.75) is 12.8 Å². The first kappa shape index (κ1) is 11.4. The number of carbonyl (C=O) groups excluding carboxylic acids is 1. The molecule has 0 bridgehead atoms. The molecule has 1 aliphatic rings. The van der Waals surface area contributed by atoms with E-state index in [4.69, 9.17) is 4.74 Å². The Morgan fingerprint density at radius 2 is 2.29 bits per heavy atom. The molecule has 0 spiro atoms. The summed E-state index contributed by atoms with van der Waals surface area (Å²) < 4.78 is 9.77. The topological polar surface area (TPSA) is 64.2 Å². The highest BCUT2D eigenvalue weighted by Gasteiger charge is 2.14. The van der Waals surface area contributed by atoms with E-state index in [1.807, 2.05) is 12.2 Å². The van der Waals surface area contributed by atoms with Gasteiger partial charge in [-0.05, 0) is 30.6 Å². The van der Waals surface area contributed by atoms with Crippen LogP contribution in [0.3, 0.4) is 0 Å². The van der Waals surface area contributed by atoms with E-state index in [1.54, 1.807) is 13.3 Å². The number of imidazole rings is 1. The minimum atomic E-state index is -0.463. The van der Waals surface area contributed by atoms with Crippen molar-refractivity contribution < 1.29 is 14.3 Å². The lowest BCUT2D eigenvalue weighted by Gasteiger charge is -2.11. The van der Waals surface area contributed by atoms with E-state index in [2.05, 4.69) is 14.7 Å². The first-order valence-corrected chi connectivity index (χ1v) is 5.33. The molecule has 0 unspecified atom stereocenters. The van der Waals surface area contributed by atoms with Gasteiger partial charge in [-0.3, -0.25) is 0 Å². The quantitative estimate of drug-likeness (QED) is 0.811. The second-order valence-electron chi connectivity index (χ2n) is 3.66.